The number of morpholine rings is 1. The lowest BCUT2D eigenvalue weighted by Crippen LogP contribution is -2.43. The third kappa shape index (κ3) is 4.90. The summed E-state index contributed by atoms with van der Waals surface area (Å²) < 4.78 is 71.9. The quantitative estimate of drug-likeness (QED) is 0.363. The van der Waals surface area contributed by atoms with Gasteiger partial charge in [0.2, 0.25) is 5.95 Å². The number of ether oxygens (including phenoxy) is 1. The number of hydrogen-bond donors (Lipinski definition) is 0. The lowest BCUT2D eigenvalue weighted by atomic mass is 9.92. The Labute approximate surface area is 207 Å². The van der Waals surface area contributed by atoms with Crippen LogP contribution in [0.3, 0.4) is 0 Å². The first-order valence-electron chi connectivity index (χ1n) is 11.4. The van der Waals surface area contributed by atoms with Gasteiger partial charge in [-0.3, -0.25) is 4.68 Å². The number of rotatable bonds is 5. The highest BCUT2D eigenvalue weighted by Crippen LogP contribution is 2.41. The monoisotopic (exact) mass is 517 g/mol. The zero-order valence-corrected chi connectivity index (χ0v) is 19.7. The number of nitriles is 1. The molecule has 1 aliphatic heterocycles. The molecule has 13 heteroatoms. The van der Waals surface area contributed by atoms with Crippen molar-refractivity contribution in [2.45, 2.75) is 51.6 Å². The van der Waals surface area contributed by atoms with Crippen LogP contribution in [0.2, 0.25) is 0 Å². The van der Waals surface area contributed by atoms with Crippen LogP contribution in [-0.4, -0.2) is 56.5 Å². The Kier molecular flexibility index (Phi) is 6.17. The lowest BCUT2D eigenvalue weighted by Gasteiger charge is -2.36. The number of nitrogens with zero attached hydrogens (tertiary/aromatic N) is 7. The highest BCUT2D eigenvalue weighted by Gasteiger charge is 2.39. The molecule has 0 spiro atoms. The van der Waals surface area contributed by atoms with Gasteiger partial charge in [-0.2, -0.15) is 28.5 Å². The van der Waals surface area contributed by atoms with Crippen LogP contribution in [0.1, 0.15) is 42.0 Å². The van der Waals surface area contributed by atoms with E-state index < -0.39 is 30.8 Å². The van der Waals surface area contributed by atoms with Crippen molar-refractivity contribution in [3.63, 3.8) is 0 Å². The van der Waals surface area contributed by atoms with Gasteiger partial charge in [-0.1, -0.05) is 0 Å². The van der Waals surface area contributed by atoms with Crippen molar-refractivity contribution in [3.8, 4) is 6.07 Å². The number of anilines is 1. The molecular weight excluding hydrogens is 497 g/mol. The molecule has 2 atom stereocenters. The van der Waals surface area contributed by atoms with Crippen LogP contribution in [0.4, 0.5) is 27.9 Å². The summed E-state index contributed by atoms with van der Waals surface area (Å²) in [4.78, 5) is 15.4. The van der Waals surface area contributed by atoms with Gasteiger partial charge in [-0.05, 0) is 19.9 Å². The third-order valence-electron chi connectivity index (χ3n) is 6.16. The molecule has 0 bridgehead atoms. The van der Waals surface area contributed by atoms with Crippen LogP contribution < -0.4 is 4.90 Å². The number of halogens is 5. The average molecular weight is 517 g/mol. The zero-order valence-electron chi connectivity index (χ0n) is 19.7. The Morgan fingerprint density at radius 3 is 2.68 bits per heavy atom. The minimum atomic E-state index is -4.48. The van der Waals surface area contributed by atoms with Gasteiger partial charge >= 0.3 is 6.18 Å². The minimum Gasteiger partial charge on any atom is -0.367 e. The molecule has 0 saturated carbocycles. The average Bonchev–Trinajstić information content (AvgIpc) is 3.24. The van der Waals surface area contributed by atoms with Crippen molar-refractivity contribution in [2.24, 2.45) is 0 Å². The Morgan fingerprint density at radius 2 is 2.00 bits per heavy atom. The van der Waals surface area contributed by atoms with Gasteiger partial charge < -0.3 is 9.64 Å². The normalized spacial score (nSPS) is 20.0. The number of aromatic nitrogens is 5. The van der Waals surface area contributed by atoms with Gasteiger partial charge in [0.25, 0.3) is 6.43 Å². The first-order valence-corrected chi connectivity index (χ1v) is 11.4. The fourth-order valence-electron chi connectivity index (χ4n) is 4.36. The molecule has 0 amide bonds. The molecule has 192 valence electrons. The molecule has 5 rings (SSSR count). The number of aryl methyl sites for hydroxylation is 1. The second-order valence-corrected chi connectivity index (χ2v) is 8.96. The van der Waals surface area contributed by atoms with Gasteiger partial charge in [0.15, 0.2) is 5.65 Å². The number of pyridine rings is 1. The fraction of sp³-hybridized carbons (Fsp3) is 0.417. The smallest absolute Gasteiger partial charge is 0.367 e. The molecule has 8 nitrogen and oxygen atoms in total. The maximum atomic E-state index is 13.1. The summed E-state index contributed by atoms with van der Waals surface area (Å²) in [6.45, 7) is 3.58. The summed E-state index contributed by atoms with van der Waals surface area (Å²) in [5, 5.41) is 13.8. The van der Waals surface area contributed by atoms with Crippen molar-refractivity contribution in [1.29, 1.82) is 5.26 Å². The summed E-state index contributed by atoms with van der Waals surface area (Å²) in [6, 6.07) is 3.56. The van der Waals surface area contributed by atoms with E-state index in [2.05, 4.69) is 25.8 Å². The summed E-state index contributed by atoms with van der Waals surface area (Å²) >= 11 is 0. The van der Waals surface area contributed by atoms with Crippen molar-refractivity contribution in [2.75, 3.05) is 18.0 Å². The predicted molar refractivity (Wildman–Crippen MR) is 122 cm³/mol. The van der Waals surface area contributed by atoms with Crippen molar-refractivity contribution in [1.82, 2.24) is 24.7 Å². The number of fused-ring (bicyclic) bond motifs is 1. The molecule has 0 radical (unpaired) electrons. The van der Waals surface area contributed by atoms with Crippen LogP contribution in [0, 0.1) is 18.3 Å². The highest BCUT2D eigenvalue weighted by atomic mass is 19.4. The Hall–Kier alpha value is -3.88. The number of allylic oxidation sites excluding steroid dienone is 1. The van der Waals surface area contributed by atoms with E-state index in [1.165, 1.54) is 18.5 Å². The van der Waals surface area contributed by atoms with Gasteiger partial charge in [-0.15, -0.1) is 5.73 Å². The zero-order chi connectivity index (χ0) is 26.5. The molecule has 3 aromatic rings. The summed E-state index contributed by atoms with van der Waals surface area (Å²) in [5.74, 6) is 0.231. The molecule has 37 heavy (non-hydrogen) atoms. The standard InChI is InChI=1S/C24H20F5N7O/c1-12-8-35(10-19(37-12)16-7-31-36(9-16)11-20(25)26)23-33-21(14-3-17(4-14)24(27,28)29)18-5-15(6-30)13(2)32-22(18)34-23/h5,7,9,12,19-20H,3,8,10-11H2,1-2H3. The van der Waals surface area contributed by atoms with E-state index in [0.29, 0.717) is 23.2 Å². The van der Waals surface area contributed by atoms with Crippen LogP contribution in [0.5, 0.6) is 0 Å². The largest absolute Gasteiger partial charge is 0.420 e. The van der Waals surface area contributed by atoms with Crippen LogP contribution in [0.25, 0.3) is 16.6 Å². The first kappa shape index (κ1) is 24.8. The van der Waals surface area contributed by atoms with E-state index in [1.54, 1.807) is 6.92 Å². The van der Waals surface area contributed by atoms with E-state index in [0.717, 1.165) is 4.68 Å². The maximum absolute atomic E-state index is 13.1. The first-order chi connectivity index (χ1) is 17.5. The second-order valence-electron chi connectivity index (χ2n) is 8.96. The SMILES string of the molecule is Cc1nc2nc(N3CC(C)OC(c4cnn(CC(F)F)c4)C3)nc(C3=C=C(C(F)(F)F)C3)c2cc1C#N. The van der Waals surface area contributed by atoms with Gasteiger partial charge in [0.05, 0.1) is 41.4 Å². The van der Waals surface area contributed by atoms with Crippen LogP contribution in [0.15, 0.2) is 29.8 Å². The summed E-state index contributed by atoms with van der Waals surface area (Å²) in [7, 11) is 0. The highest BCUT2D eigenvalue weighted by molar-refractivity contribution is 5.91. The molecule has 4 heterocycles. The van der Waals surface area contributed by atoms with E-state index >= 15 is 0 Å². The summed E-state index contributed by atoms with van der Waals surface area (Å²) in [6.07, 6.45) is -5.25. The lowest BCUT2D eigenvalue weighted by molar-refractivity contribution is -0.0934. The predicted octanol–water partition coefficient (Wildman–Crippen LogP) is 4.51. The topological polar surface area (TPSA) is 92.8 Å². The van der Waals surface area contributed by atoms with Crippen LogP contribution >= 0.6 is 0 Å². The van der Waals surface area contributed by atoms with Crippen LogP contribution in [-0.2, 0) is 11.3 Å². The Bertz CT molecular complexity index is 1480. The molecule has 3 aromatic heterocycles. The molecule has 1 saturated heterocycles. The molecule has 2 unspecified atom stereocenters. The van der Waals surface area contributed by atoms with Gasteiger partial charge in [-0.25, -0.2) is 18.7 Å². The molecule has 0 N–H and O–H groups in total. The maximum Gasteiger partial charge on any atom is 0.420 e. The van der Waals surface area contributed by atoms with E-state index in [4.69, 9.17) is 4.74 Å². The fourth-order valence-corrected chi connectivity index (χ4v) is 4.36. The molecule has 0 aromatic carbocycles. The minimum absolute atomic E-state index is 0.231. The number of hydrogen-bond acceptors (Lipinski definition) is 7. The van der Waals surface area contributed by atoms with E-state index in [-0.39, 0.29) is 47.5 Å². The molecule has 1 aliphatic carbocycles. The molecule has 2 aliphatic rings. The van der Waals surface area contributed by atoms with Crippen molar-refractivity contribution in [3.05, 3.63) is 52.3 Å². The number of alkyl halides is 5. The van der Waals surface area contributed by atoms with Crippen molar-refractivity contribution >= 4 is 22.6 Å². The molecular formula is C24H20F5N7O. The summed E-state index contributed by atoms with van der Waals surface area (Å²) in [5.41, 5.74) is 3.61. The van der Waals surface area contributed by atoms with Gasteiger partial charge in [0, 0.05) is 35.7 Å². The Balaban J connectivity index is 1.56. The van der Waals surface area contributed by atoms with Crippen molar-refractivity contribution < 1.29 is 26.7 Å². The molecule has 1 fully saturated rings. The second kappa shape index (κ2) is 9.21. The third-order valence-corrected chi connectivity index (χ3v) is 6.16. The van der Waals surface area contributed by atoms with Gasteiger partial charge in [0.1, 0.15) is 18.7 Å². The van der Waals surface area contributed by atoms with E-state index in [9.17, 15) is 27.2 Å². The van der Waals surface area contributed by atoms with E-state index in [1.807, 2.05) is 17.9 Å². The Morgan fingerprint density at radius 1 is 1.24 bits per heavy atom.